The number of hydrogen-bond donors (Lipinski definition) is 0. The molecule has 0 amide bonds. The molecule has 1 heterocycles. The van der Waals surface area contributed by atoms with E-state index in [0.29, 0.717) is 25.5 Å². The highest BCUT2D eigenvalue weighted by molar-refractivity contribution is 7.99. The maximum Gasteiger partial charge on any atom is 0.356 e. The van der Waals surface area contributed by atoms with Gasteiger partial charge >= 0.3 is 5.97 Å². The van der Waals surface area contributed by atoms with Gasteiger partial charge in [-0.25, -0.2) is 9.78 Å². The van der Waals surface area contributed by atoms with Crippen molar-refractivity contribution < 1.29 is 14.3 Å². The van der Waals surface area contributed by atoms with E-state index in [0.717, 1.165) is 34.2 Å². The third kappa shape index (κ3) is 5.87. The van der Waals surface area contributed by atoms with Crippen molar-refractivity contribution in [1.82, 2.24) is 9.55 Å². The second-order valence-corrected chi connectivity index (χ2v) is 7.56. The predicted octanol–water partition coefficient (Wildman–Crippen LogP) is 5.19. The second kappa shape index (κ2) is 10.7. The fraction of sp³-hybridized carbons (Fsp3) is 0.304. The molecule has 0 aliphatic carbocycles. The molecule has 3 rings (SSSR count). The van der Waals surface area contributed by atoms with Crippen LogP contribution in [0.1, 0.15) is 41.9 Å². The smallest absolute Gasteiger partial charge is 0.356 e. The topological polar surface area (TPSA) is 53.3 Å². The monoisotopic (exact) mass is 410 g/mol. The van der Waals surface area contributed by atoms with Gasteiger partial charge in [-0.1, -0.05) is 61.2 Å². The van der Waals surface area contributed by atoms with Gasteiger partial charge in [0.25, 0.3) is 0 Å². The first-order valence-corrected chi connectivity index (χ1v) is 10.8. The quantitative estimate of drug-likeness (QED) is 0.340. The molecule has 0 radical (unpaired) electrons. The summed E-state index contributed by atoms with van der Waals surface area (Å²) in [6.45, 7) is 5.36. The number of imidazole rings is 1. The summed E-state index contributed by atoms with van der Waals surface area (Å²) in [7, 11) is 0. The molecule has 0 saturated carbocycles. The Morgan fingerprint density at radius 1 is 1.03 bits per heavy atom. The normalized spacial score (nSPS) is 10.7. The number of rotatable bonds is 10. The Kier molecular flexibility index (Phi) is 7.76. The number of nitrogens with zero attached hydrogens (tertiary/aromatic N) is 2. The lowest BCUT2D eigenvalue weighted by molar-refractivity contribution is 0.0513. The van der Waals surface area contributed by atoms with Crippen LogP contribution in [0.15, 0.2) is 66.0 Å². The summed E-state index contributed by atoms with van der Waals surface area (Å²) in [5.74, 6) is 1.42. The van der Waals surface area contributed by atoms with Crippen molar-refractivity contribution in [2.45, 2.75) is 38.6 Å². The van der Waals surface area contributed by atoms with Crippen molar-refractivity contribution >= 4 is 17.7 Å². The van der Waals surface area contributed by atoms with E-state index in [1.165, 1.54) is 0 Å². The van der Waals surface area contributed by atoms with Crippen LogP contribution in [0.3, 0.4) is 0 Å². The number of ether oxygens (including phenoxy) is 2. The molecule has 0 bridgehead atoms. The van der Waals surface area contributed by atoms with E-state index < -0.39 is 0 Å². The van der Waals surface area contributed by atoms with E-state index in [9.17, 15) is 4.79 Å². The van der Waals surface area contributed by atoms with Gasteiger partial charge in [0.1, 0.15) is 18.1 Å². The minimum Gasteiger partial charge on any atom is -0.489 e. The van der Waals surface area contributed by atoms with Crippen LogP contribution < -0.4 is 4.74 Å². The molecule has 0 N–H and O–H groups in total. The van der Waals surface area contributed by atoms with E-state index in [1.807, 2.05) is 59.2 Å². The summed E-state index contributed by atoms with van der Waals surface area (Å²) in [6, 6.07) is 18.0. The van der Waals surface area contributed by atoms with Crippen molar-refractivity contribution in [3.63, 3.8) is 0 Å². The van der Waals surface area contributed by atoms with Gasteiger partial charge in [-0.15, -0.1) is 0 Å². The van der Waals surface area contributed by atoms with Crippen molar-refractivity contribution in [3.05, 3.63) is 77.6 Å². The summed E-state index contributed by atoms with van der Waals surface area (Å²) in [6.07, 6.45) is 2.65. The average molecular weight is 411 g/mol. The van der Waals surface area contributed by atoms with E-state index in [2.05, 4.69) is 11.9 Å². The second-order valence-electron chi connectivity index (χ2n) is 6.50. The van der Waals surface area contributed by atoms with Crippen molar-refractivity contribution in [2.24, 2.45) is 0 Å². The van der Waals surface area contributed by atoms with Crippen LogP contribution in [0.4, 0.5) is 0 Å². The van der Waals surface area contributed by atoms with Crippen molar-refractivity contribution in [3.8, 4) is 5.75 Å². The SMILES string of the molecule is CCCSc1ncc(C(=O)OCC)n1Cc1ccc(OCc2ccccc2)cc1. The highest BCUT2D eigenvalue weighted by Crippen LogP contribution is 2.22. The predicted molar refractivity (Wildman–Crippen MR) is 116 cm³/mol. The highest BCUT2D eigenvalue weighted by Gasteiger charge is 2.18. The number of thioether (sulfide) groups is 1. The summed E-state index contributed by atoms with van der Waals surface area (Å²) in [5, 5.41) is 0.833. The highest BCUT2D eigenvalue weighted by atomic mass is 32.2. The molecular formula is C23H26N2O3S. The summed E-state index contributed by atoms with van der Waals surface area (Å²) >= 11 is 1.65. The fourth-order valence-electron chi connectivity index (χ4n) is 2.80. The molecule has 0 spiro atoms. The first kappa shape index (κ1) is 21.0. The van der Waals surface area contributed by atoms with E-state index in [4.69, 9.17) is 9.47 Å². The molecule has 0 fully saturated rings. The Morgan fingerprint density at radius 2 is 1.79 bits per heavy atom. The Bertz CT molecular complexity index is 908. The standard InChI is InChI=1S/C23H26N2O3S/c1-3-14-29-23-24-15-21(22(26)27-4-2)25(23)16-18-10-12-20(13-11-18)28-17-19-8-6-5-7-9-19/h5-13,15H,3-4,14,16-17H2,1-2H3. The molecule has 3 aromatic rings. The molecule has 0 saturated heterocycles. The summed E-state index contributed by atoms with van der Waals surface area (Å²) in [5.41, 5.74) is 2.68. The largest absolute Gasteiger partial charge is 0.489 e. The van der Waals surface area contributed by atoms with Crippen molar-refractivity contribution in [1.29, 1.82) is 0 Å². The van der Waals surface area contributed by atoms with Gasteiger partial charge < -0.3 is 14.0 Å². The minimum atomic E-state index is -0.342. The van der Waals surface area contributed by atoms with Gasteiger partial charge in [-0.2, -0.15) is 0 Å². The zero-order valence-corrected chi connectivity index (χ0v) is 17.7. The molecule has 29 heavy (non-hydrogen) atoms. The van der Waals surface area contributed by atoms with Crippen LogP contribution in [0.5, 0.6) is 5.75 Å². The Hall–Kier alpha value is -2.73. The number of aromatic nitrogens is 2. The van der Waals surface area contributed by atoms with Crippen molar-refractivity contribution in [2.75, 3.05) is 12.4 Å². The number of benzene rings is 2. The lowest BCUT2D eigenvalue weighted by Crippen LogP contribution is -2.13. The maximum absolute atomic E-state index is 12.3. The molecule has 0 aliphatic heterocycles. The van der Waals surface area contributed by atoms with E-state index >= 15 is 0 Å². The average Bonchev–Trinajstić information content (AvgIpc) is 3.15. The first-order chi connectivity index (χ1) is 14.2. The number of carbonyl (C=O) groups is 1. The van der Waals surface area contributed by atoms with Crippen LogP contribution in [0.2, 0.25) is 0 Å². The number of hydrogen-bond acceptors (Lipinski definition) is 5. The molecule has 0 atom stereocenters. The zero-order chi connectivity index (χ0) is 20.5. The van der Waals surface area contributed by atoms with Gasteiger partial charge in [0.15, 0.2) is 5.16 Å². The van der Waals surface area contributed by atoms with Crippen LogP contribution >= 0.6 is 11.8 Å². The molecule has 6 heteroatoms. The minimum absolute atomic E-state index is 0.342. The van der Waals surface area contributed by atoms with E-state index in [-0.39, 0.29) is 5.97 Å². The van der Waals surface area contributed by atoms with Gasteiger partial charge in [0, 0.05) is 5.75 Å². The zero-order valence-electron chi connectivity index (χ0n) is 16.8. The molecule has 0 unspecified atom stereocenters. The number of esters is 1. The fourth-order valence-corrected chi connectivity index (χ4v) is 3.64. The molecule has 2 aromatic carbocycles. The maximum atomic E-state index is 12.3. The van der Waals surface area contributed by atoms with Gasteiger partial charge in [0.2, 0.25) is 0 Å². The van der Waals surface area contributed by atoms with Gasteiger partial charge in [0.05, 0.1) is 19.3 Å². The summed E-state index contributed by atoms with van der Waals surface area (Å²) in [4.78, 5) is 16.7. The molecule has 0 aliphatic rings. The van der Waals surface area contributed by atoms with Crippen LogP contribution in [0, 0.1) is 0 Å². The Morgan fingerprint density at radius 3 is 2.48 bits per heavy atom. The molecule has 5 nitrogen and oxygen atoms in total. The molecule has 1 aromatic heterocycles. The van der Waals surface area contributed by atoms with Crippen LogP contribution in [-0.4, -0.2) is 27.9 Å². The third-order valence-corrected chi connectivity index (χ3v) is 5.45. The first-order valence-electron chi connectivity index (χ1n) is 9.82. The molecule has 152 valence electrons. The van der Waals surface area contributed by atoms with Crippen LogP contribution in [-0.2, 0) is 17.9 Å². The van der Waals surface area contributed by atoms with Gasteiger partial charge in [-0.05, 0) is 36.6 Å². The number of carbonyl (C=O) groups excluding carboxylic acids is 1. The lowest BCUT2D eigenvalue weighted by Gasteiger charge is -2.12. The molecular weight excluding hydrogens is 384 g/mol. The lowest BCUT2D eigenvalue weighted by atomic mass is 10.2. The Balaban J connectivity index is 1.71. The third-order valence-electron chi connectivity index (χ3n) is 4.25. The van der Waals surface area contributed by atoms with Gasteiger partial charge in [-0.3, -0.25) is 0 Å². The Labute approximate surface area is 176 Å². The summed E-state index contributed by atoms with van der Waals surface area (Å²) < 4.78 is 13.0. The van der Waals surface area contributed by atoms with E-state index in [1.54, 1.807) is 24.9 Å². The van der Waals surface area contributed by atoms with Crippen LogP contribution in [0.25, 0.3) is 0 Å².